The number of amides is 1. The molecule has 0 atom stereocenters. The Morgan fingerprint density at radius 2 is 2.07 bits per heavy atom. The van der Waals surface area contributed by atoms with Crippen LogP contribution in [0.2, 0.25) is 0 Å². The highest BCUT2D eigenvalue weighted by Crippen LogP contribution is 1.92. The lowest BCUT2D eigenvalue weighted by Crippen LogP contribution is -2.24. The summed E-state index contributed by atoms with van der Waals surface area (Å²) in [5.74, 6) is -0.177. The number of hydrogen-bond acceptors (Lipinski definition) is 4. The zero-order chi connectivity index (χ0) is 10.2. The van der Waals surface area contributed by atoms with Gasteiger partial charge in [0.05, 0.1) is 5.56 Å². The molecular formula is C9H13N3O2. The van der Waals surface area contributed by atoms with Crippen molar-refractivity contribution in [2.45, 2.75) is 12.8 Å². The van der Waals surface area contributed by atoms with Gasteiger partial charge in [-0.15, -0.1) is 0 Å². The zero-order valence-electron chi connectivity index (χ0n) is 7.81. The first-order valence-corrected chi connectivity index (χ1v) is 4.48. The molecule has 0 radical (unpaired) electrons. The van der Waals surface area contributed by atoms with Crippen molar-refractivity contribution in [2.24, 2.45) is 0 Å². The van der Waals surface area contributed by atoms with Crippen LogP contribution >= 0.6 is 0 Å². The fourth-order valence-corrected chi connectivity index (χ4v) is 0.957. The molecule has 1 rings (SSSR count). The van der Waals surface area contributed by atoms with Crippen LogP contribution in [0.1, 0.15) is 23.2 Å². The molecule has 0 fully saturated rings. The van der Waals surface area contributed by atoms with Gasteiger partial charge in [-0.05, 0) is 12.8 Å². The maximum absolute atomic E-state index is 11.4. The number of aromatic nitrogens is 2. The summed E-state index contributed by atoms with van der Waals surface area (Å²) in [4.78, 5) is 18.8. The third kappa shape index (κ3) is 3.49. The molecule has 1 amide bonds. The van der Waals surface area contributed by atoms with Gasteiger partial charge in [0, 0.05) is 25.5 Å². The molecule has 1 aromatic heterocycles. The number of carbonyl (C=O) groups excluding carboxylic acids is 1. The molecule has 5 heteroatoms. The molecule has 76 valence electrons. The number of nitrogens with one attached hydrogen (secondary N) is 1. The number of aliphatic hydroxyl groups is 1. The van der Waals surface area contributed by atoms with Gasteiger partial charge in [-0.1, -0.05) is 0 Å². The smallest absolute Gasteiger partial charge is 0.254 e. The van der Waals surface area contributed by atoms with Crippen molar-refractivity contribution in [3.8, 4) is 0 Å². The Morgan fingerprint density at radius 1 is 1.36 bits per heavy atom. The predicted octanol–water partition coefficient (Wildman–Crippen LogP) is -0.0211. The van der Waals surface area contributed by atoms with Crippen molar-refractivity contribution < 1.29 is 9.90 Å². The van der Waals surface area contributed by atoms with Crippen molar-refractivity contribution in [3.05, 3.63) is 24.3 Å². The van der Waals surface area contributed by atoms with E-state index in [9.17, 15) is 4.79 Å². The highest BCUT2D eigenvalue weighted by molar-refractivity contribution is 5.93. The maximum atomic E-state index is 11.4. The molecule has 0 aromatic carbocycles. The van der Waals surface area contributed by atoms with Gasteiger partial charge in [0.2, 0.25) is 0 Å². The lowest BCUT2D eigenvalue weighted by Gasteiger charge is -2.02. The minimum Gasteiger partial charge on any atom is -0.396 e. The molecule has 0 aliphatic carbocycles. The summed E-state index contributed by atoms with van der Waals surface area (Å²) in [5.41, 5.74) is 0.455. The first-order chi connectivity index (χ1) is 6.84. The summed E-state index contributed by atoms with van der Waals surface area (Å²) in [5, 5.41) is 11.2. The molecular weight excluding hydrogens is 182 g/mol. The number of unbranched alkanes of at least 4 members (excludes halogenated alkanes) is 1. The summed E-state index contributed by atoms with van der Waals surface area (Å²) < 4.78 is 0. The summed E-state index contributed by atoms with van der Waals surface area (Å²) in [6.07, 6.45) is 5.78. The SMILES string of the molecule is O=C(NCCCCO)c1cncnc1. The molecule has 2 N–H and O–H groups in total. The van der Waals surface area contributed by atoms with Crippen LogP contribution in [0.5, 0.6) is 0 Å². The molecule has 14 heavy (non-hydrogen) atoms. The van der Waals surface area contributed by atoms with E-state index < -0.39 is 0 Å². The van der Waals surface area contributed by atoms with E-state index in [0.29, 0.717) is 18.5 Å². The molecule has 1 aromatic rings. The van der Waals surface area contributed by atoms with Gasteiger partial charge in [0.25, 0.3) is 5.91 Å². The molecule has 0 aliphatic heterocycles. The Hall–Kier alpha value is -1.49. The Bertz CT molecular complexity index is 277. The lowest BCUT2D eigenvalue weighted by atomic mass is 10.3. The molecule has 0 saturated carbocycles. The molecule has 0 unspecified atom stereocenters. The van der Waals surface area contributed by atoms with Gasteiger partial charge < -0.3 is 10.4 Å². The van der Waals surface area contributed by atoms with E-state index >= 15 is 0 Å². The van der Waals surface area contributed by atoms with E-state index in [1.165, 1.54) is 18.7 Å². The third-order valence-electron chi connectivity index (χ3n) is 1.69. The van der Waals surface area contributed by atoms with Crippen LogP contribution in [0.15, 0.2) is 18.7 Å². The van der Waals surface area contributed by atoms with E-state index in [4.69, 9.17) is 5.11 Å². The second-order valence-electron chi connectivity index (χ2n) is 2.81. The minimum atomic E-state index is -0.177. The van der Waals surface area contributed by atoms with E-state index in [1.54, 1.807) is 0 Å². The first kappa shape index (κ1) is 10.6. The Kier molecular flexibility index (Phi) is 4.57. The highest BCUT2D eigenvalue weighted by atomic mass is 16.2. The van der Waals surface area contributed by atoms with E-state index in [2.05, 4.69) is 15.3 Å². The molecule has 0 bridgehead atoms. The number of nitrogens with zero attached hydrogens (tertiary/aromatic N) is 2. The number of rotatable bonds is 5. The highest BCUT2D eigenvalue weighted by Gasteiger charge is 2.03. The van der Waals surface area contributed by atoms with Crippen LogP contribution < -0.4 is 5.32 Å². The number of aliphatic hydroxyl groups excluding tert-OH is 1. The summed E-state index contributed by atoms with van der Waals surface area (Å²) in [7, 11) is 0. The van der Waals surface area contributed by atoms with Gasteiger partial charge >= 0.3 is 0 Å². The molecule has 0 saturated heterocycles. The van der Waals surface area contributed by atoms with Crippen LogP contribution in [0.25, 0.3) is 0 Å². The van der Waals surface area contributed by atoms with Crippen LogP contribution in [0.4, 0.5) is 0 Å². The van der Waals surface area contributed by atoms with Gasteiger partial charge in [-0.2, -0.15) is 0 Å². The standard InChI is InChI=1S/C9H13N3O2/c13-4-2-1-3-12-9(14)8-5-10-7-11-6-8/h5-7,13H,1-4H2,(H,12,14). The van der Waals surface area contributed by atoms with Crippen molar-refractivity contribution in [3.63, 3.8) is 0 Å². The largest absolute Gasteiger partial charge is 0.396 e. The van der Waals surface area contributed by atoms with Crippen LogP contribution in [0, 0.1) is 0 Å². The molecule has 1 heterocycles. The van der Waals surface area contributed by atoms with Crippen molar-refractivity contribution in [1.29, 1.82) is 0 Å². The minimum absolute atomic E-state index is 0.157. The van der Waals surface area contributed by atoms with Crippen molar-refractivity contribution in [2.75, 3.05) is 13.2 Å². The van der Waals surface area contributed by atoms with Crippen molar-refractivity contribution in [1.82, 2.24) is 15.3 Å². The Labute approximate surface area is 82.2 Å². The monoisotopic (exact) mass is 195 g/mol. The van der Waals surface area contributed by atoms with Gasteiger partial charge in [-0.3, -0.25) is 4.79 Å². The second kappa shape index (κ2) is 6.04. The summed E-state index contributed by atoms with van der Waals surface area (Å²) in [6.45, 7) is 0.721. The quantitative estimate of drug-likeness (QED) is 0.647. The Morgan fingerprint density at radius 3 is 2.71 bits per heavy atom. The van der Waals surface area contributed by atoms with Gasteiger partial charge in [0.1, 0.15) is 6.33 Å². The molecule has 5 nitrogen and oxygen atoms in total. The topological polar surface area (TPSA) is 75.1 Å². The second-order valence-corrected chi connectivity index (χ2v) is 2.81. The van der Waals surface area contributed by atoms with E-state index in [1.807, 2.05) is 0 Å². The predicted molar refractivity (Wildman–Crippen MR) is 50.7 cm³/mol. The maximum Gasteiger partial charge on any atom is 0.254 e. The van der Waals surface area contributed by atoms with E-state index in [-0.39, 0.29) is 12.5 Å². The van der Waals surface area contributed by atoms with Crippen LogP contribution in [-0.4, -0.2) is 34.1 Å². The third-order valence-corrected chi connectivity index (χ3v) is 1.69. The average Bonchev–Trinajstić information content (AvgIpc) is 2.25. The molecule has 0 aliphatic rings. The summed E-state index contributed by atoms with van der Waals surface area (Å²) in [6, 6.07) is 0. The number of carbonyl (C=O) groups is 1. The first-order valence-electron chi connectivity index (χ1n) is 4.48. The van der Waals surface area contributed by atoms with Crippen LogP contribution in [-0.2, 0) is 0 Å². The fourth-order valence-electron chi connectivity index (χ4n) is 0.957. The summed E-state index contributed by atoms with van der Waals surface area (Å²) >= 11 is 0. The lowest BCUT2D eigenvalue weighted by molar-refractivity contribution is 0.0951. The normalized spacial score (nSPS) is 9.79. The number of hydrogen-bond donors (Lipinski definition) is 2. The van der Waals surface area contributed by atoms with Crippen molar-refractivity contribution >= 4 is 5.91 Å². The average molecular weight is 195 g/mol. The van der Waals surface area contributed by atoms with Gasteiger partial charge in [0.15, 0.2) is 0 Å². The Balaban J connectivity index is 2.29. The van der Waals surface area contributed by atoms with E-state index in [0.717, 1.165) is 6.42 Å². The zero-order valence-corrected chi connectivity index (χ0v) is 7.81. The van der Waals surface area contributed by atoms with Crippen LogP contribution in [0.3, 0.4) is 0 Å². The van der Waals surface area contributed by atoms with Gasteiger partial charge in [-0.25, -0.2) is 9.97 Å². The fraction of sp³-hybridized carbons (Fsp3) is 0.444. The molecule has 0 spiro atoms.